The highest BCUT2D eigenvalue weighted by atomic mass is 79.9. The molecular formula is C12H10BrClN2O2. The van der Waals surface area contributed by atoms with E-state index in [0.29, 0.717) is 10.8 Å². The topological polar surface area (TPSA) is 41.9 Å². The Balaban J connectivity index is 2.16. The number of benzene rings is 1. The molecule has 94 valence electrons. The molecule has 0 aliphatic carbocycles. The third-order valence-electron chi connectivity index (χ3n) is 3.05. The Labute approximate surface area is 118 Å². The van der Waals surface area contributed by atoms with Crippen LogP contribution in [0.2, 0.25) is 5.02 Å². The molecule has 1 atom stereocenters. The van der Waals surface area contributed by atoms with Gasteiger partial charge in [-0.25, -0.2) is 5.01 Å². The number of hydrogen-bond donors (Lipinski definition) is 0. The molecule has 1 unspecified atom stereocenters. The molecule has 0 fully saturated rings. The van der Waals surface area contributed by atoms with E-state index in [9.17, 15) is 4.79 Å². The summed E-state index contributed by atoms with van der Waals surface area (Å²) < 4.78 is 6.32. The number of fused-ring (bicyclic) bond motifs is 3. The first-order valence-electron chi connectivity index (χ1n) is 5.54. The quantitative estimate of drug-likeness (QED) is 0.734. The average molecular weight is 330 g/mol. The highest BCUT2D eigenvalue weighted by molar-refractivity contribution is 9.10. The molecular weight excluding hydrogens is 320 g/mol. The van der Waals surface area contributed by atoms with Crippen molar-refractivity contribution in [2.45, 2.75) is 19.4 Å². The molecule has 0 saturated heterocycles. The molecule has 2 aliphatic heterocycles. The van der Waals surface area contributed by atoms with Crippen LogP contribution in [0.4, 0.5) is 0 Å². The summed E-state index contributed by atoms with van der Waals surface area (Å²) in [5, 5.41) is 6.39. The summed E-state index contributed by atoms with van der Waals surface area (Å²) >= 11 is 9.49. The van der Waals surface area contributed by atoms with Gasteiger partial charge in [0.15, 0.2) is 6.61 Å². The van der Waals surface area contributed by atoms with Gasteiger partial charge >= 0.3 is 0 Å². The van der Waals surface area contributed by atoms with Gasteiger partial charge in [-0.05, 0) is 35.0 Å². The Morgan fingerprint density at radius 1 is 1.56 bits per heavy atom. The molecule has 0 N–H and O–H groups in total. The first-order chi connectivity index (χ1) is 8.56. The molecule has 0 saturated carbocycles. The lowest BCUT2D eigenvalue weighted by Gasteiger charge is -2.19. The summed E-state index contributed by atoms with van der Waals surface area (Å²) in [6.45, 7) is 1.92. The second-order valence-electron chi connectivity index (χ2n) is 4.39. The molecule has 18 heavy (non-hydrogen) atoms. The molecule has 1 amide bonds. The number of nitrogens with zero attached hydrogens (tertiary/aromatic N) is 2. The van der Waals surface area contributed by atoms with Gasteiger partial charge in [0.05, 0.1) is 10.5 Å². The van der Waals surface area contributed by atoms with Gasteiger partial charge in [-0.15, -0.1) is 0 Å². The van der Waals surface area contributed by atoms with Crippen molar-refractivity contribution in [1.29, 1.82) is 0 Å². The lowest BCUT2D eigenvalue weighted by molar-refractivity contribution is -0.134. The molecule has 2 aliphatic rings. The first kappa shape index (κ1) is 12.0. The Bertz CT molecular complexity index is 573. The zero-order valence-corrected chi connectivity index (χ0v) is 12.0. The van der Waals surface area contributed by atoms with Gasteiger partial charge in [0.2, 0.25) is 0 Å². The average Bonchev–Trinajstić information content (AvgIpc) is 2.63. The van der Waals surface area contributed by atoms with Gasteiger partial charge in [0, 0.05) is 22.7 Å². The fourth-order valence-corrected chi connectivity index (χ4v) is 3.26. The van der Waals surface area contributed by atoms with E-state index in [0.717, 1.165) is 22.2 Å². The van der Waals surface area contributed by atoms with E-state index in [1.165, 1.54) is 5.01 Å². The number of rotatable bonds is 0. The van der Waals surface area contributed by atoms with Crippen LogP contribution in [0.15, 0.2) is 21.7 Å². The number of halogens is 2. The van der Waals surface area contributed by atoms with E-state index >= 15 is 0 Å². The molecule has 0 radical (unpaired) electrons. The zero-order chi connectivity index (χ0) is 12.9. The Morgan fingerprint density at radius 3 is 3.11 bits per heavy atom. The molecule has 0 bridgehead atoms. The molecule has 1 aromatic carbocycles. The second-order valence-corrected chi connectivity index (χ2v) is 5.68. The normalized spacial score (nSPS) is 21.9. The lowest BCUT2D eigenvalue weighted by atomic mass is 10.0. The lowest BCUT2D eigenvalue weighted by Crippen LogP contribution is -2.28. The van der Waals surface area contributed by atoms with E-state index in [-0.39, 0.29) is 18.6 Å². The van der Waals surface area contributed by atoms with Crippen molar-refractivity contribution in [2.24, 2.45) is 5.10 Å². The van der Waals surface area contributed by atoms with Crippen LogP contribution >= 0.6 is 27.5 Å². The number of amides is 1. The third-order valence-corrected chi connectivity index (χ3v) is 3.86. The van der Waals surface area contributed by atoms with E-state index in [1.807, 2.05) is 13.0 Å². The van der Waals surface area contributed by atoms with Crippen LogP contribution in [0.3, 0.4) is 0 Å². The van der Waals surface area contributed by atoms with Crippen molar-refractivity contribution >= 4 is 39.1 Å². The van der Waals surface area contributed by atoms with Gasteiger partial charge in [-0.3, -0.25) is 4.79 Å². The standard InChI is InChI=1S/C12H10BrClN2O2/c1-6-2-10-8-3-7(14)4-9(13)12(8)18-5-11(17)16(10)15-6/h3-4,10H,2,5H2,1H3. The molecule has 6 heteroatoms. The largest absolute Gasteiger partial charge is 0.482 e. The van der Waals surface area contributed by atoms with Crippen molar-refractivity contribution in [2.75, 3.05) is 6.61 Å². The Morgan fingerprint density at radius 2 is 2.33 bits per heavy atom. The minimum atomic E-state index is -0.129. The summed E-state index contributed by atoms with van der Waals surface area (Å²) in [5.74, 6) is 0.557. The predicted molar refractivity (Wildman–Crippen MR) is 72.0 cm³/mol. The fourth-order valence-electron chi connectivity index (χ4n) is 2.31. The van der Waals surface area contributed by atoms with E-state index in [1.54, 1.807) is 6.07 Å². The van der Waals surface area contributed by atoms with Crippen LogP contribution in [0, 0.1) is 0 Å². The van der Waals surface area contributed by atoms with Crippen molar-refractivity contribution < 1.29 is 9.53 Å². The van der Waals surface area contributed by atoms with Crippen LogP contribution in [-0.2, 0) is 4.79 Å². The van der Waals surface area contributed by atoms with E-state index < -0.39 is 0 Å². The summed E-state index contributed by atoms with van der Waals surface area (Å²) in [6.07, 6.45) is 0.717. The van der Waals surface area contributed by atoms with Crippen LogP contribution in [0.25, 0.3) is 0 Å². The summed E-state index contributed by atoms with van der Waals surface area (Å²) in [5.41, 5.74) is 1.85. The summed E-state index contributed by atoms with van der Waals surface area (Å²) in [4.78, 5) is 12.0. The van der Waals surface area contributed by atoms with E-state index in [2.05, 4.69) is 21.0 Å². The van der Waals surface area contributed by atoms with Crippen LogP contribution in [0.5, 0.6) is 5.75 Å². The monoisotopic (exact) mass is 328 g/mol. The maximum atomic E-state index is 12.0. The Kier molecular flexibility index (Phi) is 2.83. The molecule has 1 aromatic rings. The smallest absolute Gasteiger partial charge is 0.281 e. The maximum Gasteiger partial charge on any atom is 0.281 e. The van der Waals surface area contributed by atoms with Gasteiger partial charge in [0.25, 0.3) is 5.91 Å². The van der Waals surface area contributed by atoms with Gasteiger partial charge in [-0.2, -0.15) is 5.10 Å². The summed E-state index contributed by atoms with van der Waals surface area (Å²) in [7, 11) is 0. The van der Waals surface area contributed by atoms with Crippen LogP contribution in [-0.4, -0.2) is 23.2 Å². The second kappa shape index (κ2) is 4.24. The fraction of sp³-hybridized carbons (Fsp3) is 0.333. The van der Waals surface area contributed by atoms with Gasteiger partial charge in [-0.1, -0.05) is 11.6 Å². The van der Waals surface area contributed by atoms with Crippen LogP contribution in [0.1, 0.15) is 24.9 Å². The van der Waals surface area contributed by atoms with Crippen molar-refractivity contribution in [3.8, 4) is 5.75 Å². The van der Waals surface area contributed by atoms with Gasteiger partial charge in [0.1, 0.15) is 5.75 Å². The molecule has 2 heterocycles. The number of hydrogen-bond acceptors (Lipinski definition) is 3. The molecule has 3 rings (SSSR count). The predicted octanol–water partition coefficient (Wildman–Crippen LogP) is 3.14. The zero-order valence-electron chi connectivity index (χ0n) is 9.61. The highest BCUT2D eigenvalue weighted by Crippen LogP contribution is 2.43. The van der Waals surface area contributed by atoms with Gasteiger partial charge < -0.3 is 4.74 Å². The van der Waals surface area contributed by atoms with Crippen molar-refractivity contribution in [3.05, 3.63) is 27.2 Å². The molecule has 0 aromatic heterocycles. The molecule has 0 spiro atoms. The third kappa shape index (κ3) is 1.82. The highest BCUT2D eigenvalue weighted by Gasteiger charge is 2.36. The summed E-state index contributed by atoms with van der Waals surface area (Å²) in [6, 6.07) is 3.50. The number of hydrazone groups is 1. The van der Waals surface area contributed by atoms with Crippen LogP contribution < -0.4 is 4.74 Å². The Hall–Kier alpha value is -1.07. The first-order valence-corrected chi connectivity index (χ1v) is 6.71. The number of carbonyl (C=O) groups excluding carboxylic acids is 1. The minimum Gasteiger partial charge on any atom is -0.482 e. The SMILES string of the molecule is CC1=NN2C(=O)COc3c(Br)cc(Cl)cc3C2C1. The number of ether oxygens (including phenoxy) is 1. The van der Waals surface area contributed by atoms with Crippen molar-refractivity contribution in [3.63, 3.8) is 0 Å². The minimum absolute atomic E-state index is 0.000508. The molecule has 4 nitrogen and oxygen atoms in total. The van der Waals surface area contributed by atoms with E-state index in [4.69, 9.17) is 16.3 Å². The maximum absolute atomic E-state index is 12.0. The number of carbonyl (C=O) groups is 1. The van der Waals surface area contributed by atoms with Crippen molar-refractivity contribution in [1.82, 2.24) is 5.01 Å².